The Morgan fingerprint density at radius 2 is 0.882 bits per heavy atom. The molecule has 0 aliphatic carbocycles. The van der Waals surface area contributed by atoms with Crippen molar-refractivity contribution < 1.29 is 89.4 Å². The normalized spacial score (nSPS) is 18.6. The molecule has 0 spiro atoms. The second-order valence-electron chi connectivity index (χ2n) is 7.83. The molecule has 0 radical (unpaired) electrons. The van der Waals surface area contributed by atoms with E-state index in [1.807, 2.05) is 0 Å². The molecule has 15 heteroatoms. The zero-order valence-electron chi connectivity index (χ0n) is 18.7. The van der Waals surface area contributed by atoms with Crippen molar-refractivity contribution in [1.29, 1.82) is 0 Å². The average Bonchev–Trinajstić information content (AvgIpc) is 2.67. The van der Waals surface area contributed by atoms with E-state index in [9.17, 15) is 39.3 Å². The third-order valence-corrected chi connectivity index (χ3v) is 5.31. The van der Waals surface area contributed by atoms with Crippen LogP contribution in [0.1, 0.15) is 12.8 Å². The Kier molecular flexibility index (Phi) is 16.3. The van der Waals surface area contributed by atoms with Gasteiger partial charge in [0.05, 0.1) is 19.6 Å². The molecule has 0 bridgehead atoms. The number of carboxylic acid groups (broad SMARTS) is 5. The van der Waals surface area contributed by atoms with Gasteiger partial charge in [0.25, 0.3) is 0 Å². The molecule has 196 valence electrons. The number of rotatable bonds is 11. The SMILES string of the molecule is O=C(O)CCC(C(=O)O)N1CCN(CC(=O)O)CCN(CC(=O)O)CCN(CC(=O)O)CC1.[Gd]. The molecule has 0 amide bonds. The fourth-order valence-electron chi connectivity index (χ4n) is 3.63. The van der Waals surface area contributed by atoms with E-state index >= 15 is 0 Å². The summed E-state index contributed by atoms with van der Waals surface area (Å²) in [5.41, 5.74) is 0. The molecule has 1 aliphatic heterocycles. The Hall–Kier alpha value is -1.49. The van der Waals surface area contributed by atoms with Gasteiger partial charge in [0.15, 0.2) is 0 Å². The van der Waals surface area contributed by atoms with Crippen LogP contribution in [0.2, 0.25) is 0 Å². The maximum atomic E-state index is 11.8. The first-order valence-electron chi connectivity index (χ1n) is 10.5. The summed E-state index contributed by atoms with van der Waals surface area (Å²) < 4.78 is 0. The fourth-order valence-corrected chi connectivity index (χ4v) is 3.63. The van der Waals surface area contributed by atoms with Gasteiger partial charge >= 0.3 is 29.8 Å². The quantitative estimate of drug-likeness (QED) is 0.164. The van der Waals surface area contributed by atoms with Gasteiger partial charge in [-0.05, 0) is 6.42 Å². The van der Waals surface area contributed by atoms with Crippen molar-refractivity contribution >= 4 is 29.8 Å². The molecule has 0 aromatic carbocycles. The molecule has 0 saturated carbocycles. The van der Waals surface area contributed by atoms with E-state index in [1.54, 1.807) is 14.7 Å². The maximum Gasteiger partial charge on any atom is 0.320 e. The van der Waals surface area contributed by atoms with Gasteiger partial charge in [-0.2, -0.15) is 0 Å². The molecular formula is C19H32GdN4O10. The van der Waals surface area contributed by atoms with Gasteiger partial charge in [-0.3, -0.25) is 43.6 Å². The molecule has 0 aromatic heterocycles. The van der Waals surface area contributed by atoms with Crippen molar-refractivity contribution in [2.75, 3.05) is 72.0 Å². The molecule has 1 heterocycles. The zero-order valence-corrected chi connectivity index (χ0v) is 21.0. The number of hydrogen-bond donors (Lipinski definition) is 5. The smallest absolute Gasteiger partial charge is 0.320 e. The summed E-state index contributed by atoms with van der Waals surface area (Å²) in [4.78, 5) is 62.8. The first-order valence-corrected chi connectivity index (χ1v) is 10.5. The first kappa shape index (κ1) is 32.5. The average molecular weight is 634 g/mol. The standard InChI is InChI=1S/C19H32N4O10.Gd/c24-15(25)2-1-14(19(32)33)23-9-7-21(12-17(28)29)5-3-20(11-16(26)27)4-6-22(8-10-23)13-18(30)31;/h14H,1-13H2,(H,24,25)(H,26,27)(H,28,29)(H,30,31)(H,32,33);. The van der Waals surface area contributed by atoms with E-state index in [1.165, 1.54) is 4.90 Å². The van der Waals surface area contributed by atoms with Crippen LogP contribution in [-0.4, -0.2) is 153 Å². The first-order chi connectivity index (χ1) is 15.5. The van der Waals surface area contributed by atoms with Crippen molar-refractivity contribution in [1.82, 2.24) is 19.6 Å². The molecule has 14 nitrogen and oxygen atoms in total. The maximum absolute atomic E-state index is 11.8. The van der Waals surface area contributed by atoms with Gasteiger partial charge in [0.2, 0.25) is 0 Å². The van der Waals surface area contributed by atoms with Crippen LogP contribution in [0.15, 0.2) is 0 Å². The molecule has 5 N–H and O–H groups in total. The van der Waals surface area contributed by atoms with Crippen LogP contribution in [0.4, 0.5) is 0 Å². The van der Waals surface area contributed by atoms with Gasteiger partial charge in [-0.1, -0.05) is 0 Å². The summed E-state index contributed by atoms with van der Waals surface area (Å²) in [6.07, 6.45) is -0.524. The fraction of sp³-hybridized carbons (Fsp3) is 0.737. The number of nitrogens with zero attached hydrogens (tertiary/aromatic N) is 4. The molecule has 1 fully saturated rings. The summed E-state index contributed by atoms with van der Waals surface area (Å²) in [7, 11) is 0. The van der Waals surface area contributed by atoms with Crippen LogP contribution in [0.5, 0.6) is 0 Å². The second-order valence-corrected chi connectivity index (χ2v) is 7.83. The molecule has 1 rings (SSSR count). The van der Waals surface area contributed by atoms with Gasteiger partial charge < -0.3 is 25.5 Å². The minimum atomic E-state index is -1.22. The summed E-state index contributed by atoms with van der Waals surface area (Å²) in [5, 5.41) is 46.2. The van der Waals surface area contributed by atoms with Gasteiger partial charge in [0.1, 0.15) is 6.04 Å². The van der Waals surface area contributed by atoms with Gasteiger partial charge in [-0.25, -0.2) is 0 Å². The van der Waals surface area contributed by atoms with Crippen LogP contribution in [0.3, 0.4) is 0 Å². The molecule has 1 atom stereocenters. The van der Waals surface area contributed by atoms with E-state index < -0.39 is 35.9 Å². The minimum Gasteiger partial charge on any atom is -0.481 e. The van der Waals surface area contributed by atoms with Crippen LogP contribution >= 0.6 is 0 Å². The predicted octanol–water partition coefficient (Wildman–Crippen LogP) is -2.22. The van der Waals surface area contributed by atoms with Crippen molar-refractivity contribution in [3.05, 3.63) is 0 Å². The largest absolute Gasteiger partial charge is 0.481 e. The molecule has 1 unspecified atom stereocenters. The molecule has 0 aromatic rings. The van der Waals surface area contributed by atoms with Crippen LogP contribution in [0, 0.1) is 39.9 Å². The summed E-state index contributed by atoms with van der Waals surface area (Å²) in [5.74, 6) is -5.61. The van der Waals surface area contributed by atoms with Crippen LogP contribution in [-0.2, 0) is 24.0 Å². The van der Waals surface area contributed by atoms with Crippen molar-refractivity contribution in [3.8, 4) is 0 Å². The Morgan fingerprint density at radius 1 is 0.559 bits per heavy atom. The van der Waals surface area contributed by atoms with Crippen molar-refractivity contribution in [3.63, 3.8) is 0 Å². The van der Waals surface area contributed by atoms with E-state index in [0.29, 0.717) is 0 Å². The van der Waals surface area contributed by atoms with E-state index in [-0.39, 0.29) is 125 Å². The number of hydrogen-bond acceptors (Lipinski definition) is 9. The Bertz CT molecular complexity index is 679. The predicted molar refractivity (Wildman–Crippen MR) is 112 cm³/mol. The van der Waals surface area contributed by atoms with Gasteiger partial charge in [0, 0.05) is 98.7 Å². The van der Waals surface area contributed by atoms with Crippen molar-refractivity contribution in [2.24, 2.45) is 0 Å². The Balaban J connectivity index is 0.0000109. The number of carboxylic acids is 5. The number of carbonyl (C=O) groups is 5. The summed E-state index contributed by atoms with van der Waals surface area (Å²) in [6, 6.07) is -1.13. The molecule has 1 aliphatic rings. The van der Waals surface area contributed by atoms with E-state index in [2.05, 4.69) is 0 Å². The second kappa shape index (κ2) is 17.0. The number of aliphatic carboxylic acids is 5. The minimum absolute atomic E-state index is 0. The molecular weight excluding hydrogens is 601 g/mol. The summed E-state index contributed by atoms with van der Waals surface area (Å²) >= 11 is 0. The van der Waals surface area contributed by atoms with Crippen LogP contribution < -0.4 is 0 Å². The van der Waals surface area contributed by atoms with Crippen molar-refractivity contribution in [2.45, 2.75) is 18.9 Å². The molecule has 1 saturated heterocycles. The molecule has 34 heavy (non-hydrogen) atoms. The zero-order chi connectivity index (χ0) is 25.0. The summed E-state index contributed by atoms with van der Waals surface area (Å²) in [6.45, 7) is 0.464. The van der Waals surface area contributed by atoms with Gasteiger partial charge in [-0.15, -0.1) is 0 Å². The monoisotopic (exact) mass is 634 g/mol. The van der Waals surface area contributed by atoms with E-state index in [0.717, 1.165) is 0 Å². The van der Waals surface area contributed by atoms with E-state index in [4.69, 9.17) is 10.2 Å². The topological polar surface area (TPSA) is 199 Å². The van der Waals surface area contributed by atoms with Crippen LogP contribution in [0.25, 0.3) is 0 Å². The Morgan fingerprint density at radius 3 is 1.15 bits per heavy atom. The third kappa shape index (κ3) is 14.0. The third-order valence-electron chi connectivity index (χ3n) is 5.31. The Labute approximate surface area is 228 Å².